The van der Waals surface area contributed by atoms with Gasteiger partial charge in [-0.25, -0.2) is 0 Å². The maximum Gasteiger partial charge on any atom is 0.174 e. The lowest BCUT2D eigenvalue weighted by atomic mass is 10.1. The molecule has 16 heavy (non-hydrogen) atoms. The Labute approximate surface area is 97.0 Å². The molecule has 1 N–H and O–H groups in total. The highest BCUT2D eigenvalue weighted by molar-refractivity contribution is 5.46. The highest BCUT2D eigenvalue weighted by atomic mass is 16.5. The minimum absolute atomic E-state index is 0.0969. The zero-order chi connectivity index (χ0) is 11.8. The zero-order valence-corrected chi connectivity index (χ0v) is 9.86. The summed E-state index contributed by atoms with van der Waals surface area (Å²) in [6, 6.07) is 9.62. The first-order chi connectivity index (χ1) is 7.76. The Morgan fingerprint density at radius 3 is 2.62 bits per heavy atom. The molecule has 0 bridgehead atoms. The number of benzene rings is 1. The Kier molecular flexibility index (Phi) is 5.21. The van der Waals surface area contributed by atoms with Crippen molar-refractivity contribution in [3.05, 3.63) is 24.3 Å². The van der Waals surface area contributed by atoms with Gasteiger partial charge in [0.25, 0.3) is 0 Å². The predicted octanol–water partition coefficient (Wildman–Crippen LogP) is 3.05. The third-order valence-electron chi connectivity index (χ3n) is 2.51. The average molecular weight is 218 g/mol. The molecule has 3 nitrogen and oxygen atoms in total. The van der Waals surface area contributed by atoms with Crippen LogP contribution >= 0.6 is 0 Å². The first kappa shape index (κ1) is 12.4. The number of nitrogens with one attached hydrogen (secondary N) is 1. The number of hydrogen-bond donors (Lipinski definition) is 1. The number of nitrogens with zero attached hydrogens (tertiary/aromatic N) is 1. The summed E-state index contributed by atoms with van der Waals surface area (Å²) in [5.74, 6) is 1.41. The molecule has 0 saturated heterocycles. The van der Waals surface area contributed by atoms with Crippen molar-refractivity contribution >= 4 is 5.69 Å². The van der Waals surface area contributed by atoms with E-state index in [4.69, 9.17) is 10.00 Å². The number of nitriles is 1. The van der Waals surface area contributed by atoms with Crippen molar-refractivity contribution in [1.29, 1.82) is 5.26 Å². The standard InChI is InChI=1S/C13H18N2O/c1-3-11(2)10-15-12-4-6-13(7-5-12)16-9-8-14/h4-7,11,15H,3,9-10H2,1-2H3. The molecule has 0 aliphatic rings. The average Bonchev–Trinajstić information content (AvgIpc) is 2.34. The molecule has 0 radical (unpaired) electrons. The zero-order valence-electron chi connectivity index (χ0n) is 9.86. The summed E-state index contributed by atoms with van der Waals surface area (Å²) in [5.41, 5.74) is 1.09. The molecule has 1 aromatic carbocycles. The molecule has 0 spiro atoms. The van der Waals surface area contributed by atoms with Crippen LogP contribution < -0.4 is 10.1 Å². The largest absolute Gasteiger partial charge is 0.479 e. The van der Waals surface area contributed by atoms with E-state index in [0.717, 1.165) is 18.0 Å². The summed E-state index contributed by atoms with van der Waals surface area (Å²) in [6.45, 7) is 5.48. The maximum atomic E-state index is 8.37. The number of ether oxygens (including phenoxy) is 1. The normalized spacial score (nSPS) is 11.6. The van der Waals surface area contributed by atoms with Crippen LogP contribution in [-0.4, -0.2) is 13.2 Å². The summed E-state index contributed by atoms with van der Waals surface area (Å²) in [5, 5.41) is 11.7. The molecule has 1 unspecified atom stereocenters. The minimum atomic E-state index is 0.0969. The Bertz CT molecular complexity index is 340. The van der Waals surface area contributed by atoms with Gasteiger partial charge >= 0.3 is 0 Å². The second-order valence-electron chi connectivity index (χ2n) is 3.87. The van der Waals surface area contributed by atoms with Gasteiger partial charge in [-0.1, -0.05) is 20.3 Å². The molecule has 0 aliphatic carbocycles. The van der Waals surface area contributed by atoms with E-state index in [9.17, 15) is 0 Å². The SMILES string of the molecule is CCC(C)CNc1ccc(OCC#N)cc1. The molecular weight excluding hydrogens is 200 g/mol. The van der Waals surface area contributed by atoms with Crippen molar-refractivity contribution in [2.75, 3.05) is 18.5 Å². The van der Waals surface area contributed by atoms with Crippen molar-refractivity contribution in [2.45, 2.75) is 20.3 Å². The van der Waals surface area contributed by atoms with E-state index in [0.29, 0.717) is 5.92 Å². The van der Waals surface area contributed by atoms with Crippen LogP contribution in [0.25, 0.3) is 0 Å². The van der Waals surface area contributed by atoms with Crippen LogP contribution in [-0.2, 0) is 0 Å². The third kappa shape index (κ3) is 4.22. The number of anilines is 1. The van der Waals surface area contributed by atoms with Crippen LogP contribution in [0.1, 0.15) is 20.3 Å². The molecule has 0 amide bonds. The lowest BCUT2D eigenvalue weighted by Crippen LogP contribution is -2.09. The van der Waals surface area contributed by atoms with Gasteiger partial charge in [-0.3, -0.25) is 0 Å². The summed E-state index contributed by atoms with van der Waals surface area (Å²) in [7, 11) is 0. The number of rotatable bonds is 6. The Balaban J connectivity index is 2.42. The van der Waals surface area contributed by atoms with Gasteiger partial charge in [-0.05, 0) is 30.2 Å². The van der Waals surface area contributed by atoms with Crippen LogP contribution in [0.2, 0.25) is 0 Å². The first-order valence-electron chi connectivity index (χ1n) is 5.60. The van der Waals surface area contributed by atoms with Crippen LogP contribution in [0.5, 0.6) is 5.75 Å². The van der Waals surface area contributed by atoms with Gasteiger partial charge < -0.3 is 10.1 Å². The molecular formula is C13H18N2O. The molecule has 0 aliphatic heterocycles. The molecule has 1 atom stereocenters. The van der Waals surface area contributed by atoms with E-state index in [1.165, 1.54) is 6.42 Å². The van der Waals surface area contributed by atoms with Gasteiger partial charge in [-0.15, -0.1) is 0 Å². The molecule has 86 valence electrons. The summed E-state index contributed by atoms with van der Waals surface area (Å²) in [6.07, 6.45) is 1.18. The molecule has 1 rings (SSSR count). The van der Waals surface area contributed by atoms with Crippen molar-refractivity contribution in [1.82, 2.24) is 0 Å². The van der Waals surface area contributed by atoms with Crippen molar-refractivity contribution in [3.8, 4) is 11.8 Å². The van der Waals surface area contributed by atoms with Gasteiger partial charge in [0, 0.05) is 12.2 Å². The van der Waals surface area contributed by atoms with Gasteiger partial charge in [0.15, 0.2) is 6.61 Å². The minimum Gasteiger partial charge on any atom is -0.479 e. The van der Waals surface area contributed by atoms with Crippen LogP contribution in [0.4, 0.5) is 5.69 Å². The fraction of sp³-hybridized carbons (Fsp3) is 0.462. The van der Waals surface area contributed by atoms with Crippen molar-refractivity contribution < 1.29 is 4.74 Å². The molecule has 0 aromatic heterocycles. The van der Waals surface area contributed by atoms with Gasteiger partial charge in [-0.2, -0.15) is 5.26 Å². The van der Waals surface area contributed by atoms with Crippen LogP contribution in [0.15, 0.2) is 24.3 Å². The van der Waals surface area contributed by atoms with Gasteiger partial charge in [0.1, 0.15) is 11.8 Å². The highest BCUT2D eigenvalue weighted by Crippen LogP contribution is 2.16. The summed E-state index contributed by atoms with van der Waals surface area (Å²) in [4.78, 5) is 0. The van der Waals surface area contributed by atoms with Crippen LogP contribution in [0, 0.1) is 17.2 Å². The molecule has 0 saturated carbocycles. The highest BCUT2D eigenvalue weighted by Gasteiger charge is 1.99. The molecule has 0 fully saturated rings. The van der Waals surface area contributed by atoms with E-state index < -0.39 is 0 Å². The predicted molar refractivity (Wildman–Crippen MR) is 65.5 cm³/mol. The van der Waals surface area contributed by atoms with Crippen molar-refractivity contribution in [2.24, 2.45) is 5.92 Å². The Morgan fingerprint density at radius 1 is 1.38 bits per heavy atom. The lowest BCUT2D eigenvalue weighted by Gasteiger charge is -2.11. The summed E-state index contributed by atoms with van der Waals surface area (Å²) >= 11 is 0. The fourth-order valence-corrected chi connectivity index (χ4v) is 1.22. The van der Waals surface area contributed by atoms with Crippen molar-refractivity contribution in [3.63, 3.8) is 0 Å². The second-order valence-corrected chi connectivity index (χ2v) is 3.87. The smallest absolute Gasteiger partial charge is 0.174 e. The van der Waals surface area contributed by atoms with E-state index in [-0.39, 0.29) is 6.61 Å². The van der Waals surface area contributed by atoms with E-state index >= 15 is 0 Å². The summed E-state index contributed by atoms with van der Waals surface area (Å²) < 4.78 is 5.17. The maximum absolute atomic E-state index is 8.37. The second kappa shape index (κ2) is 6.73. The molecule has 3 heteroatoms. The fourth-order valence-electron chi connectivity index (χ4n) is 1.22. The Morgan fingerprint density at radius 2 is 2.06 bits per heavy atom. The first-order valence-corrected chi connectivity index (χ1v) is 5.60. The Hall–Kier alpha value is -1.69. The number of hydrogen-bond acceptors (Lipinski definition) is 3. The van der Waals surface area contributed by atoms with E-state index in [1.807, 2.05) is 30.3 Å². The van der Waals surface area contributed by atoms with Gasteiger partial charge in [0.2, 0.25) is 0 Å². The monoisotopic (exact) mass is 218 g/mol. The molecule has 0 heterocycles. The topological polar surface area (TPSA) is 45.0 Å². The van der Waals surface area contributed by atoms with E-state index in [1.54, 1.807) is 0 Å². The third-order valence-corrected chi connectivity index (χ3v) is 2.51. The quantitative estimate of drug-likeness (QED) is 0.798. The van der Waals surface area contributed by atoms with Gasteiger partial charge in [0.05, 0.1) is 0 Å². The molecule has 1 aromatic rings. The lowest BCUT2D eigenvalue weighted by molar-refractivity contribution is 0.368. The van der Waals surface area contributed by atoms with Crippen LogP contribution in [0.3, 0.4) is 0 Å². The van der Waals surface area contributed by atoms with E-state index in [2.05, 4.69) is 19.2 Å².